The van der Waals surface area contributed by atoms with E-state index in [1.54, 1.807) is 12.1 Å². The number of piperazine rings is 1. The highest BCUT2D eigenvalue weighted by Crippen LogP contribution is 2.30. The summed E-state index contributed by atoms with van der Waals surface area (Å²) < 4.78 is 0. The molecule has 0 saturated carbocycles. The number of benzene rings is 1. The number of rotatable bonds is 3. The van der Waals surface area contributed by atoms with Crippen molar-refractivity contribution in [3.63, 3.8) is 0 Å². The number of halogens is 1. The largest absolute Gasteiger partial charge is 0.506 e. The topological polar surface area (TPSA) is 46.9 Å². The van der Waals surface area contributed by atoms with E-state index in [-0.39, 0.29) is 18.4 Å². The lowest BCUT2D eigenvalue weighted by Crippen LogP contribution is -2.52. The van der Waals surface area contributed by atoms with E-state index < -0.39 is 0 Å². The van der Waals surface area contributed by atoms with E-state index in [1.165, 1.54) is 0 Å². The van der Waals surface area contributed by atoms with E-state index in [4.69, 9.17) is 11.6 Å². The Morgan fingerprint density at radius 3 is 2.74 bits per heavy atom. The van der Waals surface area contributed by atoms with Gasteiger partial charge in [0.15, 0.2) is 0 Å². The van der Waals surface area contributed by atoms with Crippen LogP contribution in [0.2, 0.25) is 5.02 Å². The Kier molecular flexibility index (Phi) is 4.68. The molecule has 2 rings (SSSR count). The molecule has 0 spiro atoms. The van der Waals surface area contributed by atoms with E-state index >= 15 is 0 Å². The summed E-state index contributed by atoms with van der Waals surface area (Å²) in [5.41, 5.74) is 0.946. The molecule has 19 heavy (non-hydrogen) atoms. The van der Waals surface area contributed by atoms with Crippen LogP contribution < -0.4 is 0 Å². The molecular formula is C14H21ClN2O2. The van der Waals surface area contributed by atoms with Gasteiger partial charge in [-0.05, 0) is 31.7 Å². The molecule has 1 heterocycles. The van der Waals surface area contributed by atoms with Gasteiger partial charge in [-0.1, -0.05) is 17.7 Å². The highest BCUT2D eigenvalue weighted by Gasteiger charge is 2.28. The standard InChI is InChI=1S/C14H21ClN2O2/c1-10-8-16(2)5-6-17(10)13(9-18)11-3-4-14(19)12(15)7-11/h3-4,7,10,13,18-19H,5-6,8-9H2,1-2H3. The number of aliphatic hydroxyl groups excluding tert-OH is 1. The summed E-state index contributed by atoms with van der Waals surface area (Å²) in [6, 6.07) is 5.46. The predicted octanol–water partition coefficient (Wildman–Crippen LogP) is 1.71. The van der Waals surface area contributed by atoms with Crippen molar-refractivity contribution in [1.82, 2.24) is 9.80 Å². The number of nitrogens with zero attached hydrogens (tertiary/aromatic N) is 2. The number of hydrogen-bond donors (Lipinski definition) is 2. The molecule has 0 aromatic heterocycles. The lowest BCUT2D eigenvalue weighted by Gasteiger charge is -2.42. The fourth-order valence-corrected chi connectivity index (χ4v) is 2.94. The number of phenols is 1. The van der Waals surface area contributed by atoms with Crippen LogP contribution in [0.1, 0.15) is 18.5 Å². The van der Waals surface area contributed by atoms with Gasteiger partial charge >= 0.3 is 0 Å². The fourth-order valence-electron chi connectivity index (χ4n) is 2.75. The Hall–Kier alpha value is -0.810. The first kappa shape index (κ1) is 14.6. The molecule has 1 aliphatic rings. The molecule has 0 bridgehead atoms. The van der Waals surface area contributed by atoms with Crippen LogP contribution in [0, 0.1) is 0 Å². The quantitative estimate of drug-likeness (QED) is 0.887. The van der Waals surface area contributed by atoms with Crippen molar-refractivity contribution in [3.05, 3.63) is 28.8 Å². The summed E-state index contributed by atoms with van der Waals surface area (Å²) in [4.78, 5) is 4.59. The van der Waals surface area contributed by atoms with Crippen molar-refractivity contribution < 1.29 is 10.2 Å². The first-order valence-corrected chi connectivity index (χ1v) is 6.94. The van der Waals surface area contributed by atoms with E-state index in [0.717, 1.165) is 25.2 Å². The van der Waals surface area contributed by atoms with Gasteiger partial charge in [-0.15, -0.1) is 0 Å². The average Bonchev–Trinajstić information content (AvgIpc) is 2.37. The molecule has 0 aliphatic carbocycles. The Morgan fingerprint density at radius 2 is 2.16 bits per heavy atom. The molecular weight excluding hydrogens is 264 g/mol. The van der Waals surface area contributed by atoms with Gasteiger partial charge in [0.25, 0.3) is 0 Å². The minimum absolute atomic E-state index is 0.0508. The van der Waals surface area contributed by atoms with Crippen LogP contribution in [-0.2, 0) is 0 Å². The molecule has 2 atom stereocenters. The molecule has 1 fully saturated rings. The molecule has 0 amide bonds. The molecule has 1 aromatic carbocycles. The zero-order valence-corrected chi connectivity index (χ0v) is 12.1. The second-order valence-corrected chi connectivity index (χ2v) is 5.67. The van der Waals surface area contributed by atoms with Gasteiger partial charge in [-0.25, -0.2) is 0 Å². The smallest absolute Gasteiger partial charge is 0.134 e. The zero-order valence-electron chi connectivity index (χ0n) is 11.4. The van der Waals surface area contributed by atoms with Crippen molar-refractivity contribution in [1.29, 1.82) is 0 Å². The second-order valence-electron chi connectivity index (χ2n) is 5.26. The highest BCUT2D eigenvalue weighted by molar-refractivity contribution is 6.32. The van der Waals surface area contributed by atoms with E-state index in [1.807, 2.05) is 6.07 Å². The van der Waals surface area contributed by atoms with E-state index in [0.29, 0.717) is 11.1 Å². The maximum atomic E-state index is 9.71. The van der Waals surface area contributed by atoms with Crippen LogP contribution in [0.25, 0.3) is 0 Å². The fraction of sp³-hybridized carbons (Fsp3) is 0.571. The first-order valence-electron chi connectivity index (χ1n) is 6.56. The number of aromatic hydroxyl groups is 1. The van der Waals surface area contributed by atoms with Crippen molar-refractivity contribution >= 4 is 11.6 Å². The predicted molar refractivity (Wildman–Crippen MR) is 76.6 cm³/mol. The summed E-state index contributed by atoms with van der Waals surface area (Å²) in [6.07, 6.45) is 0. The maximum absolute atomic E-state index is 9.71. The summed E-state index contributed by atoms with van der Waals surface area (Å²) in [5.74, 6) is 0.0773. The monoisotopic (exact) mass is 284 g/mol. The van der Waals surface area contributed by atoms with Crippen LogP contribution in [0.15, 0.2) is 18.2 Å². The van der Waals surface area contributed by atoms with Crippen LogP contribution in [0.3, 0.4) is 0 Å². The molecule has 2 unspecified atom stereocenters. The van der Waals surface area contributed by atoms with Gasteiger partial charge in [0.05, 0.1) is 17.7 Å². The number of phenolic OH excluding ortho intramolecular Hbond substituents is 1. The van der Waals surface area contributed by atoms with Crippen molar-refractivity contribution in [2.24, 2.45) is 0 Å². The Labute approximate surface area is 119 Å². The molecule has 4 nitrogen and oxygen atoms in total. The lowest BCUT2D eigenvalue weighted by molar-refractivity contribution is 0.0341. The summed E-state index contributed by atoms with van der Waals surface area (Å²) in [7, 11) is 2.11. The Bertz CT molecular complexity index is 441. The van der Waals surface area contributed by atoms with E-state index in [2.05, 4.69) is 23.8 Å². The highest BCUT2D eigenvalue weighted by atomic mass is 35.5. The van der Waals surface area contributed by atoms with Crippen LogP contribution in [0.5, 0.6) is 5.75 Å². The number of hydrogen-bond acceptors (Lipinski definition) is 4. The minimum atomic E-state index is -0.0678. The first-order chi connectivity index (χ1) is 9.02. The van der Waals surface area contributed by atoms with Crippen LogP contribution in [-0.4, -0.2) is 59.3 Å². The molecule has 1 aromatic rings. The summed E-state index contributed by atoms with van der Waals surface area (Å²) >= 11 is 5.95. The van der Waals surface area contributed by atoms with Crippen molar-refractivity contribution in [2.45, 2.75) is 19.0 Å². The van der Waals surface area contributed by atoms with Gasteiger partial charge in [0, 0.05) is 25.7 Å². The third-order valence-electron chi connectivity index (χ3n) is 3.81. The third-order valence-corrected chi connectivity index (χ3v) is 4.11. The van der Waals surface area contributed by atoms with Crippen molar-refractivity contribution in [2.75, 3.05) is 33.3 Å². The normalized spacial score (nSPS) is 23.5. The SMILES string of the molecule is CC1CN(C)CCN1C(CO)c1ccc(O)c(Cl)c1. The summed E-state index contributed by atoms with van der Waals surface area (Å²) in [5, 5.41) is 19.5. The molecule has 2 N–H and O–H groups in total. The second kappa shape index (κ2) is 6.09. The summed E-state index contributed by atoms with van der Waals surface area (Å²) in [6.45, 7) is 5.12. The lowest BCUT2D eigenvalue weighted by atomic mass is 10.0. The van der Waals surface area contributed by atoms with Crippen LogP contribution >= 0.6 is 11.6 Å². The molecule has 5 heteroatoms. The van der Waals surface area contributed by atoms with Gasteiger partial charge in [0.2, 0.25) is 0 Å². The number of aliphatic hydroxyl groups is 1. The van der Waals surface area contributed by atoms with Gasteiger partial charge in [-0.2, -0.15) is 0 Å². The number of likely N-dealkylation sites (N-methyl/N-ethyl adjacent to an activating group) is 1. The average molecular weight is 285 g/mol. The molecule has 106 valence electrons. The van der Waals surface area contributed by atoms with Gasteiger partial charge in [-0.3, -0.25) is 4.90 Å². The van der Waals surface area contributed by atoms with Gasteiger partial charge < -0.3 is 15.1 Å². The van der Waals surface area contributed by atoms with Crippen LogP contribution in [0.4, 0.5) is 0 Å². The third kappa shape index (κ3) is 3.20. The molecule has 0 radical (unpaired) electrons. The zero-order chi connectivity index (χ0) is 14.0. The maximum Gasteiger partial charge on any atom is 0.134 e. The minimum Gasteiger partial charge on any atom is -0.506 e. The van der Waals surface area contributed by atoms with Gasteiger partial charge in [0.1, 0.15) is 5.75 Å². The van der Waals surface area contributed by atoms with Crippen molar-refractivity contribution in [3.8, 4) is 5.75 Å². The molecule has 1 saturated heterocycles. The Balaban J connectivity index is 2.21. The van der Waals surface area contributed by atoms with E-state index in [9.17, 15) is 10.2 Å². The molecule has 1 aliphatic heterocycles. The Morgan fingerprint density at radius 1 is 1.42 bits per heavy atom.